The molecular weight excluding hydrogens is 441 g/mol. The van der Waals surface area contributed by atoms with Gasteiger partial charge in [0, 0.05) is 8.04 Å². The van der Waals surface area contributed by atoms with Crippen LogP contribution < -0.4 is 10.1 Å². The van der Waals surface area contributed by atoms with Crippen LogP contribution >= 0.6 is 38.5 Å². The van der Waals surface area contributed by atoms with Gasteiger partial charge in [-0.15, -0.1) is 0 Å². The predicted octanol–water partition coefficient (Wildman–Crippen LogP) is 5.15. The van der Waals surface area contributed by atoms with Crippen LogP contribution in [0.4, 0.5) is 0 Å². The molecule has 0 aliphatic carbocycles. The molecule has 2 nitrogen and oxygen atoms in total. The maximum absolute atomic E-state index is 5.70. The maximum Gasteiger partial charge on any atom is 0.119 e. The fourth-order valence-electron chi connectivity index (χ4n) is 2.25. The molecule has 0 heterocycles. The zero-order valence-corrected chi connectivity index (χ0v) is 16.1. The van der Waals surface area contributed by atoms with E-state index in [1.54, 1.807) is 0 Å². The summed E-state index contributed by atoms with van der Waals surface area (Å²) in [5, 5.41) is 3.39. The minimum absolute atomic E-state index is 0.155. The van der Waals surface area contributed by atoms with Crippen LogP contribution in [-0.2, 0) is 0 Å². The normalized spacial score (nSPS) is 12.5. The Morgan fingerprint density at radius 2 is 1.76 bits per heavy atom. The summed E-state index contributed by atoms with van der Waals surface area (Å²) in [5.41, 5.74) is 2.46. The summed E-state index contributed by atoms with van der Waals surface area (Å²) in [6.45, 7) is 4.07. The number of nitrogens with one attached hydrogen (secondary N) is 1. The van der Waals surface area contributed by atoms with Gasteiger partial charge >= 0.3 is 0 Å². The third-order valence-corrected chi connectivity index (χ3v) is 4.54. The molecule has 0 radical (unpaired) electrons. The van der Waals surface area contributed by atoms with Crippen molar-refractivity contribution in [3.8, 4) is 5.75 Å². The third kappa shape index (κ3) is 4.44. The lowest BCUT2D eigenvalue weighted by Crippen LogP contribution is -2.18. The monoisotopic (exact) mass is 459 g/mol. The largest absolute Gasteiger partial charge is 0.491 e. The first-order chi connectivity index (χ1) is 10.0. The fourth-order valence-corrected chi connectivity index (χ4v) is 3.24. The Kier molecular flexibility index (Phi) is 6.08. The lowest BCUT2D eigenvalue weighted by molar-refractivity contribution is 0.242. The molecule has 0 aliphatic heterocycles. The average Bonchev–Trinajstić information content (AvgIpc) is 2.44. The van der Waals surface area contributed by atoms with E-state index < -0.39 is 0 Å². The Hall–Kier alpha value is -0.590. The van der Waals surface area contributed by atoms with Crippen molar-refractivity contribution in [1.29, 1.82) is 0 Å². The van der Waals surface area contributed by atoms with Crippen LogP contribution in [0.3, 0.4) is 0 Å². The molecule has 0 spiro atoms. The number of benzene rings is 2. The molecule has 21 heavy (non-hydrogen) atoms. The van der Waals surface area contributed by atoms with Crippen molar-refractivity contribution >= 4 is 38.5 Å². The molecule has 0 bridgehead atoms. The van der Waals surface area contributed by atoms with Gasteiger partial charge in [0.2, 0.25) is 0 Å². The maximum atomic E-state index is 5.70. The fraction of sp³-hybridized carbons (Fsp3) is 0.294. The highest BCUT2D eigenvalue weighted by molar-refractivity contribution is 14.1. The molecule has 2 rings (SSSR count). The van der Waals surface area contributed by atoms with Gasteiger partial charge in [-0.1, -0.05) is 28.1 Å². The Bertz CT molecular complexity index is 598. The van der Waals surface area contributed by atoms with Crippen LogP contribution in [0.15, 0.2) is 46.9 Å². The molecular formula is C17H19BrINO. The van der Waals surface area contributed by atoms with Crippen LogP contribution in [-0.4, -0.2) is 13.2 Å². The van der Waals surface area contributed by atoms with Crippen LogP contribution in [0.1, 0.15) is 31.0 Å². The second kappa shape index (κ2) is 7.61. The number of hydrogen-bond acceptors (Lipinski definition) is 2. The molecule has 4 heteroatoms. The number of rotatable bonds is 5. The van der Waals surface area contributed by atoms with Crippen molar-refractivity contribution in [1.82, 2.24) is 5.32 Å². The lowest BCUT2D eigenvalue weighted by Gasteiger charge is -2.20. The highest BCUT2D eigenvalue weighted by atomic mass is 127. The van der Waals surface area contributed by atoms with Crippen molar-refractivity contribution in [3.05, 3.63) is 61.6 Å². The topological polar surface area (TPSA) is 21.3 Å². The SMILES string of the molecule is CNC(c1ccc(OC(C)C)cc1)c1cc(I)ccc1Br. The molecule has 2 aromatic carbocycles. The third-order valence-electron chi connectivity index (χ3n) is 3.14. The van der Waals surface area contributed by atoms with Gasteiger partial charge in [-0.2, -0.15) is 0 Å². The highest BCUT2D eigenvalue weighted by Gasteiger charge is 2.15. The molecule has 1 N–H and O–H groups in total. The van der Waals surface area contributed by atoms with E-state index >= 15 is 0 Å². The van der Waals surface area contributed by atoms with Gasteiger partial charge in [0.1, 0.15) is 5.75 Å². The Labute approximate surface area is 148 Å². The Morgan fingerprint density at radius 3 is 2.33 bits per heavy atom. The summed E-state index contributed by atoms with van der Waals surface area (Å²) >= 11 is 5.99. The standard InChI is InChI=1S/C17H19BrINO/c1-11(2)21-14-7-4-12(5-8-14)17(20-3)15-10-13(19)6-9-16(15)18/h4-11,17,20H,1-3H3. The first kappa shape index (κ1) is 16.8. The number of hydrogen-bond donors (Lipinski definition) is 1. The Balaban J connectivity index is 2.31. The van der Waals surface area contributed by atoms with Gasteiger partial charge in [0.05, 0.1) is 12.1 Å². The van der Waals surface area contributed by atoms with E-state index in [2.05, 4.69) is 74.2 Å². The van der Waals surface area contributed by atoms with Crippen molar-refractivity contribution in [3.63, 3.8) is 0 Å². The van der Waals surface area contributed by atoms with Crippen molar-refractivity contribution < 1.29 is 4.74 Å². The molecule has 0 aliphatic rings. The molecule has 1 atom stereocenters. The van der Waals surface area contributed by atoms with Gasteiger partial charge in [-0.25, -0.2) is 0 Å². The summed E-state index contributed by atoms with van der Waals surface area (Å²) in [6, 6.07) is 14.8. The molecule has 0 aromatic heterocycles. The molecule has 1 unspecified atom stereocenters. The molecule has 0 saturated carbocycles. The highest BCUT2D eigenvalue weighted by Crippen LogP contribution is 2.30. The van der Waals surface area contributed by atoms with E-state index in [-0.39, 0.29) is 12.1 Å². The zero-order valence-electron chi connectivity index (χ0n) is 12.4. The number of ether oxygens (including phenoxy) is 1. The summed E-state index contributed by atoms with van der Waals surface area (Å²) < 4.78 is 8.04. The molecule has 112 valence electrons. The lowest BCUT2D eigenvalue weighted by atomic mass is 9.99. The van der Waals surface area contributed by atoms with E-state index in [9.17, 15) is 0 Å². The van der Waals surface area contributed by atoms with Gasteiger partial charge in [-0.3, -0.25) is 0 Å². The van der Waals surface area contributed by atoms with E-state index in [0.717, 1.165) is 10.2 Å². The van der Waals surface area contributed by atoms with Crippen molar-refractivity contribution in [2.75, 3.05) is 7.05 Å². The van der Waals surface area contributed by atoms with Crippen molar-refractivity contribution in [2.24, 2.45) is 0 Å². The minimum Gasteiger partial charge on any atom is -0.491 e. The number of halogens is 2. The predicted molar refractivity (Wildman–Crippen MR) is 100.0 cm³/mol. The van der Waals surface area contributed by atoms with Gasteiger partial charge < -0.3 is 10.1 Å². The van der Waals surface area contributed by atoms with E-state index in [4.69, 9.17) is 4.74 Å². The average molecular weight is 460 g/mol. The van der Waals surface area contributed by atoms with Crippen molar-refractivity contribution in [2.45, 2.75) is 26.0 Å². The van der Waals surface area contributed by atoms with Gasteiger partial charge in [0.25, 0.3) is 0 Å². The second-order valence-electron chi connectivity index (χ2n) is 5.12. The first-order valence-corrected chi connectivity index (χ1v) is 8.77. The van der Waals surface area contributed by atoms with Crippen LogP contribution in [0.2, 0.25) is 0 Å². The van der Waals surface area contributed by atoms with Crippen LogP contribution in [0, 0.1) is 3.57 Å². The first-order valence-electron chi connectivity index (χ1n) is 6.90. The second-order valence-corrected chi connectivity index (χ2v) is 7.22. The summed E-state index contributed by atoms with van der Waals surface area (Å²) in [5.74, 6) is 0.908. The minimum atomic E-state index is 0.155. The van der Waals surface area contributed by atoms with Gasteiger partial charge in [0.15, 0.2) is 0 Å². The van der Waals surface area contributed by atoms with Crippen LogP contribution in [0.5, 0.6) is 5.75 Å². The summed E-state index contributed by atoms with van der Waals surface area (Å²) in [6.07, 6.45) is 0.195. The summed E-state index contributed by atoms with van der Waals surface area (Å²) in [7, 11) is 1.98. The quantitative estimate of drug-likeness (QED) is 0.624. The van der Waals surface area contributed by atoms with Gasteiger partial charge in [-0.05, 0) is 84.9 Å². The van der Waals surface area contributed by atoms with E-state index in [1.165, 1.54) is 14.7 Å². The zero-order chi connectivity index (χ0) is 15.4. The van der Waals surface area contributed by atoms with Crippen LogP contribution in [0.25, 0.3) is 0 Å². The smallest absolute Gasteiger partial charge is 0.119 e. The van der Waals surface area contributed by atoms with E-state index in [0.29, 0.717) is 0 Å². The molecule has 0 saturated heterocycles. The molecule has 0 fully saturated rings. The molecule has 2 aromatic rings. The summed E-state index contributed by atoms with van der Waals surface area (Å²) in [4.78, 5) is 0. The Morgan fingerprint density at radius 1 is 1.10 bits per heavy atom. The molecule has 0 amide bonds. The van der Waals surface area contributed by atoms with E-state index in [1.807, 2.05) is 33.0 Å².